The van der Waals surface area contributed by atoms with E-state index in [0.717, 1.165) is 35.7 Å². The Morgan fingerprint density at radius 1 is 1.29 bits per heavy atom. The first-order valence-corrected chi connectivity index (χ1v) is 6.05. The number of aromatic amines is 1. The van der Waals surface area contributed by atoms with Crippen molar-refractivity contribution in [2.24, 2.45) is 0 Å². The number of hydrogen-bond acceptors (Lipinski definition) is 1. The summed E-state index contributed by atoms with van der Waals surface area (Å²) in [6.45, 7) is 2.02. The van der Waals surface area contributed by atoms with Crippen LogP contribution in [0.2, 0.25) is 0 Å². The summed E-state index contributed by atoms with van der Waals surface area (Å²) in [4.78, 5) is 14.7. The molecule has 0 spiro atoms. The van der Waals surface area contributed by atoms with Gasteiger partial charge in [0.1, 0.15) is 0 Å². The van der Waals surface area contributed by atoms with E-state index in [-0.39, 0.29) is 0 Å². The number of nitrogens with one attached hydrogen (secondary N) is 1. The van der Waals surface area contributed by atoms with Crippen molar-refractivity contribution >= 4 is 16.9 Å². The van der Waals surface area contributed by atoms with E-state index in [1.165, 1.54) is 17.7 Å². The predicted molar refractivity (Wildman–Crippen MR) is 66.6 cm³/mol. The van der Waals surface area contributed by atoms with E-state index in [1.54, 1.807) is 6.07 Å². The molecule has 17 heavy (non-hydrogen) atoms. The summed E-state index contributed by atoms with van der Waals surface area (Å²) in [6, 6.07) is 3.61. The average molecular weight is 229 g/mol. The van der Waals surface area contributed by atoms with Crippen molar-refractivity contribution in [3.05, 3.63) is 34.5 Å². The number of aromatic nitrogens is 1. The van der Waals surface area contributed by atoms with Crippen LogP contribution in [0, 0.1) is 6.92 Å². The van der Waals surface area contributed by atoms with Gasteiger partial charge in [-0.1, -0.05) is 6.07 Å². The number of fused-ring (bicyclic) bond motifs is 3. The van der Waals surface area contributed by atoms with Crippen molar-refractivity contribution in [2.75, 3.05) is 0 Å². The number of hydrogen-bond donors (Lipinski definition) is 2. The molecule has 1 aromatic heterocycles. The van der Waals surface area contributed by atoms with Crippen LogP contribution in [-0.4, -0.2) is 16.1 Å². The van der Waals surface area contributed by atoms with E-state index in [0.29, 0.717) is 5.56 Å². The first-order valence-electron chi connectivity index (χ1n) is 6.05. The Kier molecular flexibility index (Phi) is 2.21. The van der Waals surface area contributed by atoms with Crippen LogP contribution < -0.4 is 0 Å². The molecule has 0 bridgehead atoms. The molecule has 0 saturated carbocycles. The topological polar surface area (TPSA) is 53.1 Å². The number of H-pyrrole nitrogens is 1. The van der Waals surface area contributed by atoms with Gasteiger partial charge in [-0.05, 0) is 49.8 Å². The minimum absolute atomic E-state index is 0.435. The molecule has 0 unspecified atom stereocenters. The van der Waals surface area contributed by atoms with Gasteiger partial charge in [0.15, 0.2) is 0 Å². The largest absolute Gasteiger partial charge is 0.478 e. The fourth-order valence-corrected chi connectivity index (χ4v) is 2.83. The van der Waals surface area contributed by atoms with Crippen LogP contribution in [0.4, 0.5) is 0 Å². The SMILES string of the molecule is Cc1ccc(C(=O)O)c2c3c([nH]c12)CCCC3. The monoisotopic (exact) mass is 229 g/mol. The Balaban J connectivity index is 2.41. The maximum atomic E-state index is 11.3. The first-order chi connectivity index (χ1) is 8.18. The maximum Gasteiger partial charge on any atom is 0.336 e. The molecule has 1 heterocycles. The number of rotatable bonds is 1. The average Bonchev–Trinajstić information content (AvgIpc) is 2.69. The lowest BCUT2D eigenvalue weighted by Crippen LogP contribution is -2.02. The second-order valence-corrected chi connectivity index (χ2v) is 4.77. The van der Waals surface area contributed by atoms with Gasteiger partial charge in [-0.3, -0.25) is 0 Å². The summed E-state index contributed by atoms with van der Waals surface area (Å²) >= 11 is 0. The Morgan fingerprint density at radius 3 is 2.82 bits per heavy atom. The molecule has 1 aromatic carbocycles. The molecule has 0 fully saturated rings. The molecule has 0 radical (unpaired) electrons. The predicted octanol–water partition coefficient (Wildman–Crippen LogP) is 3.05. The number of carboxylic acid groups (broad SMARTS) is 1. The van der Waals surface area contributed by atoms with Gasteiger partial charge in [-0.15, -0.1) is 0 Å². The molecule has 1 aliphatic carbocycles. The summed E-state index contributed by atoms with van der Waals surface area (Å²) in [5, 5.41) is 10.2. The third kappa shape index (κ3) is 1.46. The number of carboxylic acids is 1. The smallest absolute Gasteiger partial charge is 0.336 e. The zero-order valence-corrected chi connectivity index (χ0v) is 9.84. The first kappa shape index (κ1) is 10.4. The molecule has 0 saturated heterocycles. The lowest BCUT2D eigenvalue weighted by Gasteiger charge is -2.11. The molecule has 2 aromatic rings. The third-order valence-electron chi connectivity index (χ3n) is 3.69. The van der Waals surface area contributed by atoms with Crippen molar-refractivity contribution in [3.8, 4) is 0 Å². The van der Waals surface area contributed by atoms with E-state index in [9.17, 15) is 9.90 Å². The summed E-state index contributed by atoms with van der Waals surface area (Å²) in [7, 11) is 0. The molecular formula is C14H15NO2. The van der Waals surface area contributed by atoms with E-state index in [2.05, 4.69) is 4.98 Å². The maximum absolute atomic E-state index is 11.3. The Hall–Kier alpha value is -1.77. The molecule has 0 atom stereocenters. The van der Waals surface area contributed by atoms with Crippen LogP contribution in [0.5, 0.6) is 0 Å². The van der Waals surface area contributed by atoms with Crippen LogP contribution in [-0.2, 0) is 12.8 Å². The highest BCUT2D eigenvalue weighted by molar-refractivity contribution is 6.05. The van der Waals surface area contributed by atoms with Crippen molar-refractivity contribution in [1.29, 1.82) is 0 Å². The molecule has 2 N–H and O–H groups in total. The van der Waals surface area contributed by atoms with E-state index in [4.69, 9.17) is 0 Å². The van der Waals surface area contributed by atoms with Crippen molar-refractivity contribution in [3.63, 3.8) is 0 Å². The minimum Gasteiger partial charge on any atom is -0.478 e. The minimum atomic E-state index is -0.831. The van der Waals surface area contributed by atoms with E-state index < -0.39 is 5.97 Å². The highest BCUT2D eigenvalue weighted by atomic mass is 16.4. The zero-order chi connectivity index (χ0) is 12.0. The van der Waals surface area contributed by atoms with Crippen LogP contribution >= 0.6 is 0 Å². The highest BCUT2D eigenvalue weighted by Crippen LogP contribution is 2.33. The molecule has 88 valence electrons. The summed E-state index contributed by atoms with van der Waals surface area (Å²) in [5.41, 5.74) is 5.04. The number of carbonyl (C=O) groups is 1. The molecule has 3 rings (SSSR count). The van der Waals surface area contributed by atoms with Crippen molar-refractivity contribution in [2.45, 2.75) is 32.6 Å². The molecule has 0 aliphatic heterocycles. The second kappa shape index (κ2) is 3.62. The van der Waals surface area contributed by atoms with Crippen molar-refractivity contribution in [1.82, 2.24) is 4.98 Å². The Bertz CT molecular complexity index is 610. The quantitative estimate of drug-likeness (QED) is 0.789. The van der Waals surface area contributed by atoms with Crippen LogP contribution in [0.15, 0.2) is 12.1 Å². The lowest BCUT2D eigenvalue weighted by atomic mass is 9.93. The molecular weight excluding hydrogens is 214 g/mol. The van der Waals surface area contributed by atoms with Crippen LogP contribution in [0.1, 0.15) is 40.0 Å². The zero-order valence-electron chi connectivity index (χ0n) is 9.84. The van der Waals surface area contributed by atoms with Gasteiger partial charge in [-0.2, -0.15) is 0 Å². The van der Waals surface area contributed by atoms with Gasteiger partial charge in [0.25, 0.3) is 0 Å². The Morgan fingerprint density at radius 2 is 2.06 bits per heavy atom. The Labute approximate surface area is 99.5 Å². The van der Waals surface area contributed by atoms with Gasteiger partial charge in [0.05, 0.1) is 5.56 Å². The summed E-state index contributed by atoms with van der Waals surface area (Å²) in [5.74, 6) is -0.831. The van der Waals surface area contributed by atoms with Gasteiger partial charge in [0.2, 0.25) is 0 Å². The second-order valence-electron chi connectivity index (χ2n) is 4.77. The molecule has 3 nitrogen and oxygen atoms in total. The number of aryl methyl sites for hydroxylation is 3. The normalized spacial score (nSPS) is 14.9. The van der Waals surface area contributed by atoms with Gasteiger partial charge >= 0.3 is 5.97 Å². The fourth-order valence-electron chi connectivity index (χ4n) is 2.83. The molecule has 1 aliphatic rings. The fraction of sp³-hybridized carbons (Fsp3) is 0.357. The van der Waals surface area contributed by atoms with E-state index >= 15 is 0 Å². The van der Waals surface area contributed by atoms with Gasteiger partial charge in [-0.25, -0.2) is 4.79 Å². The van der Waals surface area contributed by atoms with Crippen LogP contribution in [0.25, 0.3) is 10.9 Å². The molecule has 0 amide bonds. The van der Waals surface area contributed by atoms with Gasteiger partial charge in [0, 0.05) is 16.6 Å². The summed E-state index contributed by atoms with van der Waals surface area (Å²) < 4.78 is 0. The molecule has 3 heteroatoms. The third-order valence-corrected chi connectivity index (χ3v) is 3.69. The van der Waals surface area contributed by atoms with Crippen molar-refractivity contribution < 1.29 is 9.90 Å². The summed E-state index contributed by atoms with van der Waals surface area (Å²) in [6.07, 6.45) is 4.40. The highest BCUT2D eigenvalue weighted by Gasteiger charge is 2.20. The number of aromatic carboxylic acids is 1. The standard InChI is InChI=1S/C14H15NO2/c1-8-6-7-10(14(16)17)12-9-4-2-3-5-11(9)15-13(8)12/h6-7,15H,2-5H2,1H3,(H,16,17). The number of benzene rings is 1. The van der Waals surface area contributed by atoms with E-state index in [1.807, 2.05) is 13.0 Å². The van der Waals surface area contributed by atoms with Gasteiger partial charge < -0.3 is 10.1 Å². The van der Waals surface area contributed by atoms with Crippen LogP contribution in [0.3, 0.4) is 0 Å². The lowest BCUT2D eigenvalue weighted by molar-refractivity contribution is 0.0699.